The van der Waals surface area contributed by atoms with Crippen LogP contribution in [0.3, 0.4) is 0 Å². The minimum atomic E-state index is -0.447. The molecule has 0 unspecified atom stereocenters. The van der Waals surface area contributed by atoms with Gasteiger partial charge in [0.25, 0.3) is 0 Å². The van der Waals surface area contributed by atoms with E-state index >= 15 is 0 Å². The molecular weight excluding hydrogens is 484 g/mol. The summed E-state index contributed by atoms with van der Waals surface area (Å²) in [6, 6.07) is 23.1. The molecule has 1 aliphatic heterocycles. The van der Waals surface area contributed by atoms with Gasteiger partial charge in [-0.2, -0.15) is 5.10 Å². The van der Waals surface area contributed by atoms with Crippen LogP contribution in [0.1, 0.15) is 35.0 Å². The van der Waals surface area contributed by atoms with Gasteiger partial charge in [-0.1, -0.05) is 48.5 Å². The average Bonchev–Trinajstić information content (AvgIpc) is 3.31. The summed E-state index contributed by atoms with van der Waals surface area (Å²) in [5.74, 6) is -0.860. The Morgan fingerprint density at radius 2 is 1.76 bits per heavy atom. The zero-order chi connectivity index (χ0) is 26.5. The number of fused-ring (bicyclic) bond motifs is 1. The van der Waals surface area contributed by atoms with Crippen molar-refractivity contribution in [1.82, 2.24) is 24.9 Å². The van der Waals surface area contributed by atoms with Crippen LogP contribution in [0.15, 0.2) is 78.9 Å². The first kappa shape index (κ1) is 25.6. The first-order chi connectivity index (χ1) is 18.5. The maximum atomic E-state index is 14.4. The van der Waals surface area contributed by atoms with Crippen molar-refractivity contribution in [2.75, 3.05) is 13.1 Å². The van der Waals surface area contributed by atoms with Crippen molar-refractivity contribution >= 4 is 6.03 Å². The number of carbonyl (C=O) groups excluding carboxylic acids is 1. The quantitative estimate of drug-likeness (QED) is 0.340. The van der Waals surface area contributed by atoms with Crippen molar-refractivity contribution in [3.8, 4) is 5.69 Å². The van der Waals surface area contributed by atoms with E-state index in [0.29, 0.717) is 51.3 Å². The van der Waals surface area contributed by atoms with Gasteiger partial charge in [-0.3, -0.25) is 4.90 Å². The maximum absolute atomic E-state index is 14.4. The molecular formula is C30H31F2N5O. The monoisotopic (exact) mass is 515 g/mol. The second-order valence-electron chi connectivity index (χ2n) is 9.47. The summed E-state index contributed by atoms with van der Waals surface area (Å²) in [5.41, 5.74) is 5.25. The van der Waals surface area contributed by atoms with Crippen LogP contribution >= 0.6 is 0 Å². The second kappa shape index (κ2) is 11.6. The fourth-order valence-corrected chi connectivity index (χ4v) is 4.89. The normalized spacial score (nSPS) is 13.2. The highest BCUT2D eigenvalue weighted by molar-refractivity contribution is 5.74. The molecule has 0 bridgehead atoms. The summed E-state index contributed by atoms with van der Waals surface area (Å²) in [6.07, 6.45) is 0.709. The van der Waals surface area contributed by atoms with E-state index in [1.165, 1.54) is 12.1 Å². The van der Waals surface area contributed by atoms with Gasteiger partial charge in [0.05, 0.1) is 23.6 Å². The van der Waals surface area contributed by atoms with E-state index < -0.39 is 11.6 Å². The van der Waals surface area contributed by atoms with Crippen LogP contribution in [-0.4, -0.2) is 38.7 Å². The van der Waals surface area contributed by atoms with Gasteiger partial charge in [-0.25, -0.2) is 18.3 Å². The predicted octanol–water partition coefficient (Wildman–Crippen LogP) is 5.44. The third kappa shape index (κ3) is 5.75. The molecule has 0 radical (unpaired) electrons. The lowest BCUT2D eigenvalue weighted by Gasteiger charge is -2.28. The number of carbonyl (C=O) groups is 1. The van der Waals surface area contributed by atoms with Crippen molar-refractivity contribution in [3.63, 3.8) is 0 Å². The number of hydrogen-bond donors (Lipinski definition) is 1. The number of nitrogens with one attached hydrogen (secondary N) is 1. The molecule has 2 amide bonds. The van der Waals surface area contributed by atoms with Gasteiger partial charge in [-0.15, -0.1) is 0 Å². The maximum Gasteiger partial charge on any atom is 0.318 e. The Balaban J connectivity index is 1.39. The van der Waals surface area contributed by atoms with Gasteiger partial charge >= 0.3 is 6.03 Å². The molecule has 1 aromatic heterocycles. The van der Waals surface area contributed by atoms with Crippen molar-refractivity contribution in [2.45, 2.75) is 39.5 Å². The van der Waals surface area contributed by atoms with E-state index in [0.717, 1.165) is 34.3 Å². The average molecular weight is 516 g/mol. The molecule has 0 fully saturated rings. The van der Waals surface area contributed by atoms with E-state index in [2.05, 4.69) is 10.2 Å². The van der Waals surface area contributed by atoms with E-state index in [1.54, 1.807) is 4.90 Å². The minimum absolute atomic E-state index is 0.158. The lowest BCUT2D eigenvalue weighted by atomic mass is 10.0. The molecule has 0 aliphatic carbocycles. The summed E-state index contributed by atoms with van der Waals surface area (Å²) in [4.78, 5) is 16.9. The van der Waals surface area contributed by atoms with Crippen molar-refractivity contribution < 1.29 is 13.6 Å². The molecule has 196 valence electrons. The van der Waals surface area contributed by atoms with Crippen LogP contribution < -0.4 is 5.32 Å². The minimum Gasteiger partial charge on any atom is -0.334 e. The Labute approximate surface area is 221 Å². The molecule has 4 aromatic rings. The second-order valence-corrected chi connectivity index (χ2v) is 9.47. The predicted molar refractivity (Wildman–Crippen MR) is 143 cm³/mol. The fraction of sp³-hybridized carbons (Fsp3) is 0.267. The number of rotatable bonds is 8. The molecule has 5 rings (SSSR count). The molecule has 0 atom stereocenters. The van der Waals surface area contributed by atoms with Crippen molar-refractivity contribution in [2.24, 2.45) is 0 Å². The zero-order valence-electron chi connectivity index (χ0n) is 21.4. The fourth-order valence-electron chi connectivity index (χ4n) is 4.89. The highest BCUT2D eigenvalue weighted by Crippen LogP contribution is 2.28. The Hall–Kier alpha value is -4.04. The van der Waals surface area contributed by atoms with E-state index in [9.17, 15) is 13.6 Å². The summed E-state index contributed by atoms with van der Waals surface area (Å²) in [7, 11) is 0. The van der Waals surface area contributed by atoms with Crippen molar-refractivity contribution in [1.29, 1.82) is 0 Å². The molecule has 0 saturated heterocycles. The Morgan fingerprint density at radius 3 is 2.50 bits per heavy atom. The van der Waals surface area contributed by atoms with Gasteiger partial charge in [0.1, 0.15) is 11.6 Å². The van der Waals surface area contributed by atoms with Crippen LogP contribution in [0, 0.1) is 11.6 Å². The Bertz CT molecular complexity index is 1390. The van der Waals surface area contributed by atoms with Crippen LogP contribution in [0.4, 0.5) is 13.6 Å². The van der Waals surface area contributed by atoms with Crippen LogP contribution in [0.25, 0.3) is 5.69 Å². The largest absolute Gasteiger partial charge is 0.334 e. The van der Waals surface area contributed by atoms with E-state index in [4.69, 9.17) is 5.10 Å². The van der Waals surface area contributed by atoms with Gasteiger partial charge < -0.3 is 10.2 Å². The first-order valence-electron chi connectivity index (χ1n) is 12.9. The molecule has 3 aromatic carbocycles. The van der Waals surface area contributed by atoms with Crippen molar-refractivity contribution in [3.05, 3.63) is 119 Å². The highest BCUT2D eigenvalue weighted by Gasteiger charge is 2.27. The van der Waals surface area contributed by atoms with Crippen LogP contribution in [0.2, 0.25) is 0 Å². The van der Waals surface area contributed by atoms with Gasteiger partial charge in [0.15, 0.2) is 0 Å². The standard InChI is InChI=1S/C30H31F2N5O/c1-2-36(30(38)33-18-22-9-5-3-6-10-22)21-28-26-20-35(19-23-17-24(31)13-14-27(23)32)16-15-29(26)37(34-28)25-11-7-4-8-12-25/h3-14,17H,2,15-16,18-21H2,1H3,(H,33,38). The molecule has 0 spiro atoms. The molecule has 38 heavy (non-hydrogen) atoms. The number of benzene rings is 3. The smallest absolute Gasteiger partial charge is 0.318 e. The molecule has 0 saturated carbocycles. The zero-order valence-corrected chi connectivity index (χ0v) is 21.4. The number of hydrogen-bond acceptors (Lipinski definition) is 3. The van der Waals surface area contributed by atoms with Gasteiger partial charge in [0, 0.05) is 50.3 Å². The van der Waals surface area contributed by atoms with Crippen LogP contribution in [-0.2, 0) is 32.6 Å². The number of halogens is 2. The lowest BCUT2D eigenvalue weighted by Crippen LogP contribution is -2.39. The first-order valence-corrected chi connectivity index (χ1v) is 12.9. The third-order valence-corrected chi connectivity index (χ3v) is 6.92. The molecule has 6 nitrogen and oxygen atoms in total. The third-order valence-electron chi connectivity index (χ3n) is 6.92. The Kier molecular flexibility index (Phi) is 7.79. The summed E-state index contributed by atoms with van der Waals surface area (Å²) < 4.78 is 30.1. The van der Waals surface area contributed by atoms with E-state index in [1.807, 2.05) is 72.3 Å². The summed E-state index contributed by atoms with van der Waals surface area (Å²) >= 11 is 0. The molecule has 2 heterocycles. The van der Waals surface area contributed by atoms with E-state index in [-0.39, 0.29) is 6.03 Å². The Morgan fingerprint density at radius 1 is 1.03 bits per heavy atom. The van der Waals surface area contributed by atoms with Gasteiger partial charge in [0.2, 0.25) is 0 Å². The van der Waals surface area contributed by atoms with Gasteiger partial charge in [-0.05, 0) is 42.8 Å². The molecule has 1 aliphatic rings. The summed E-state index contributed by atoms with van der Waals surface area (Å²) in [5, 5.41) is 7.96. The topological polar surface area (TPSA) is 53.4 Å². The lowest BCUT2D eigenvalue weighted by molar-refractivity contribution is 0.196. The molecule has 8 heteroatoms. The number of urea groups is 1. The number of nitrogens with zero attached hydrogens (tertiary/aromatic N) is 4. The summed E-state index contributed by atoms with van der Waals surface area (Å²) in [6.45, 7) is 4.79. The SMILES string of the molecule is CCN(Cc1nn(-c2ccccc2)c2c1CN(Cc1cc(F)ccc1F)CC2)C(=O)NCc1ccccc1. The number of aromatic nitrogens is 2. The molecule has 1 N–H and O–H groups in total. The number of amides is 2. The number of para-hydroxylation sites is 1. The highest BCUT2D eigenvalue weighted by atomic mass is 19.1. The van der Waals surface area contributed by atoms with Crippen LogP contribution in [0.5, 0.6) is 0 Å².